The molecule has 0 fully saturated rings. The smallest absolute Gasteiger partial charge is 0.226 e. The quantitative estimate of drug-likeness (QED) is 0.808. The molecule has 0 aliphatic rings. The van der Waals surface area contributed by atoms with E-state index in [0.717, 1.165) is 5.76 Å². The number of amides is 1. The highest BCUT2D eigenvalue weighted by atomic mass is 35.5. The summed E-state index contributed by atoms with van der Waals surface area (Å²) >= 11 is 5.78. The number of hydrogen-bond donors (Lipinski definition) is 1. The van der Waals surface area contributed by atoms with Gasteiger partial charge in [0.05, 0.1) is 17.7 Å². The van der Waals surface area contributed by atoms with Crippen molar-refractivity contribution in [1.82, 2.24) is 10.2 Å². The first-order valence-corrected chi connectivity index (χ1v) is 6.46. The molecule has 0 bridgehead atoms. The average Bonchev–Trinajstić information content (AvgIpc) is 2.82. The van der Waals surface area contributed by atoms with Gasteiger partial charge < -0.3 is 9.73 Å². The van der Waals surface area contributed by atoms with Gasteiger partial charge in [0.25, 0.3) is 0 Å². The zero-order valence-corrected chi connectivity index (χ0v) is 12.1. The standard InChI is InChI=1S/C13H21ClN2O2/c1-13(2,9-14)12(17)15-8-10(16(3)4)11-6-5-7-18-11/h5-7,10H,8-9H2,1-4H3,(H,15,17). The van der Waals surface area contributed by atoms with Gasteiger partial charge in [-0.15, -0.1) is 11.6 Å². The molecular weight excluding hydrogens is 252 g/mol. The van der Waals surface area contributed by atoms with Crippen LogP contribution in [0.3, 0.4) is 0 Å². The minimum absolute atomic E-state index is 0.0232. The van der Waals surface area contributed by atoms with Crippen molar-refractivity contribution in [2.24, 2.45) is 5.41 Å². The molecule has 1 unspecified atom stereocenters. The number of halogens is 1. The van der Waals surface area contributed by atoms with Crippen molar-refractivity contribution in [1.29, 1.82) is 0 Å². The number of hydrogen-bond acceptors (Lipinski definition) is 3. The number of nitrogens with one attached hydrogen (secondary N) is 1. The van der Waals surface area contributed by atoms with E-state index >= 15 is 0 Å². The highest BCUT2D eigenvalue weighted by Crippen LogP contribution is 2.20. The summed E-state index contributed by atoms with van der Waals surface area (Å²) in [7, 11) is 3.90. The van der Waals surface area contributed by atoms with Crippen molar-refractivity contribution >= 4 is 17.5 Å². The van der Waals surface area contributed by atoms with Gasteiger partial charge in [-0.1, -0.05) is 0 Å². The van der Waals surface area contributed by atoms with E-state index < -0.39 is 5.41 Å². The SMILES string of the molecule is CN(C)C(CNC(=O)C(C)(C)CCl)c1ccco1. The zero-order chi connectivity index (χ0) is 13.8. The molecule has 0 aliphatic carbocycles. The number of carbonyl (C=O) groups is 1. The first kappa shape index (κ1) is 15.1. The van der Waals surface area contributed by atoms with Crippen molar-refractivity contribution in [3.63, 3.8) is 0 Å². The molecule has 1 aromatic heterocycles. The van der Waals surface area contributed by atoms with Crippen LogP contribution in [0.4, 0.5) is 0 Å². The summed E-state index contributed by atoms with van der Waals surface area (Å²) in [6.45, 7) is 4.15. The van der Waals surface area contributed by atoms with Gasteiger partial charge in [-0.05, 0) is 40.1 Å². The van der Waals surface area contributed by atoms with Crippen LogP contribution in [-0.2, 0) is 4.79 Å². The first-order valence-electron chi connectivity index (χ1n) is 5.92. The van der Waals surface area contributed by atoms with Crippen LogP contribution in [0.1, 0.15) is 25.6 Å². The fourth-order valence-electron chi connectivity index (χ4n) is 1.51. The number of alkyl halides is 1. The van der Waals surface area contributed by atoms with Crippen molar-refractivity contribution in [3.05, 3.63) is 24.2 Å². The Bertz CT molecular complexity index is 374. The molecule has 0 radical (unpaired) electrons. The maximum Gasteiger partial charge on any atom is 0.226 e. The van der Waals surface area contributed by atoms with Gasteiger partial charge in [0.15, 0.2) is 0 Å². The topological polar surface area (TPSA) is 45.5 Å². The molecule has 1 rings (SSSR count). The summed E-state index contributed by atoms with van der Waals surface area (Å²) in [5, 5.41) is 2.92. The predicted octanol–water partition coefficient (Wildman–Crippen LogP) is 2.26. The lowest BCUT2D eigenvalue weighted by Gasteiger charge is -2.26. The minimum atomic E-state index is -0.554. The lowest BCUT2D eigenvalue weighted by Crippen LogP contribution is -2.42. The maximum absolute atomic E-state index is 11.9. The normalized spacial score (nSPS) is 13.7. The Morgan fingerprint density at radius 3 is 2.67 bits per heavy atom. The number of likely N-dealkylation sites (N-methyl/N-ethyl adjacent to an activating group) is 1. The molecule has 102 valence electrons. The van der Waals surface area contributed by atoms with E-state index in [1.165, 1.54) is 0 Å². The summed E-state index contributed by atoms with van der Waals surface area (Å²) in [4.78, 5) is 14.0. The Kier molecular flexibility index (Phi) is 5.23. The Balaban J connectivity index is 2.62. The highest BCUT2D eigenvalue weighted by molar-refractivity contribution is 6.19. The van der Waals surface area contributed by atoms with Crippen LogP contribution in [0.15, 0.2) is 22.8 Å². The van der Waals surface area contributed by atoms with Gasteiger partial charge >= 0.3 is 0 Å². The van der Waals surface area contributed by atoms with Gasteiger partial charge in [0, 0.05) is 12.4 Å². The lowest BCUT2D eigenvalue weighted by atomic mass is 9.95. The third-order valence-corrected chi connectivity index (χ3v) is 3.57. The van der Waals surface area contributed by atoms with Crippen LogP contribution in [0.25, 0.3) is 0 Å². The van der Waals surface area contributed by atoms with E-state index in [0.29, 0.717) is 12.4 Å². The van der Waals surface area contributed by atoms with Crippen LogP contribution in [0, 0.1) is 5.41 Å². The van der Waals surface area contributed by atoms with E-state index in [4.69, 9.17) is 16.0 Å². The van der Waals surface area contributed by atoms with Crippen molar-refractivity contribution < 1.29 is 9.21 Å². The molecular formula is C13H21ClN2O2. The summed E-state index contributed by atoms with van der Waals surface area (Å²) in [6.07, 6.45) is 1.64. The van der Waals surface area contributed by atoms with Gasteiger partial charge in [0.1, 0.15) is 5.76 Å². The Labute approximate surface area is 113 Å². The Hall–Kier alpha value is -1.00. The molecule has 0 aliphatic heterocycles. The largest absolute Gasteiger partial charge is 0.468 e. The van der Waals surface area contributed by atoms with Gasteiger partial charge in [-0.25, -0.2) is 0 Å². The highest BCUT2D eigenvalue weighted by Gasteiger charge is 2.27. The molecule has 0 aromatic carbocycles. The van der Waals surface area contributed by atoms with Gasteiger partial charge in [-0.2, -0.15) is 0 Å². The monoisotopic (exact) mass is 272 g/mol. The number of nitrogens with zero attached hydrogens (tertiary/aromatic N) is 1. The van der Waals surface area contributed by atoms with Crippen molar-refractivity contribution in [3.8, 4) is 0 Å². The Morgan fingerprint density at radius 2 is 2.22 bits per heavy atom. The summed E-state index contributed by atoms with van der Waals surface area (Å²) in [6, 6.07) is 3.77. The van der Waals surface area contributed by atoms with Crippen LogP contribution in [-0.4, -0.2) is 37.3 Å². The number of furan rings is 1. The van der Waals surface area contributed by atoms with E-state index in [-0.39, 0.29) is 11.9 Å². The molecule has 1 atom stereocenters. The van der Waals surface area contributed by atoms with Crippen molar-refractivity contribution in [2.75, 3.05) is 26.5 Å². The molecule has 1 amide bonds. The summed E-state index contributed by atoms with van der Waals surface area (Å²) < 4.78 is 5.38. The first-order chi connectivity index (χ1) is 8.38. The van der Waals surface area contributed by atoms with E-state index in [1.54, 1.807) is 6.26 Å². The van der Waals surface area contributed by atoms with Crippen LogP contribution in [0.2, 0.25) is 0 Å². The van der Waals surface area contributed by atoms with E-state index in [9.17, 15) is 4.79 Å². The second-order valence-corrected chi connectivity index (χ2v) is 5.49. The Morgan fingerprint density at radius 1 is 1.56 bits per heavy atom. The van der Waals surface area contributed by atoms with E-state index in [2.05, 4.69) is 5.32 Å². The lowest BCUT2D eigenvalue weighted by molar-refractivity contribution is -0.128. The minimum Gasteiger partial charge on any atom is -0.468 e. The second-order valence-electron chi connectivity index (χ2n) is 5.22. The maximum atomic E-state index is 11.9. The molecule has 1 heterocycles. The molecule has 0 saturated heterocycles. The molecule has 5 heteroatoms. The zero-order valence-electron chi connectivity index (χ0n) is 11.4. The van der Waals surface area contributed by atoms with Crippen LogP contribution < -0.4 is 5.32 Å². The van der Waals surface area contributed by atoms with Crippen LogP contribution >= 0.6 is 11.6 Å². The molecule has 18 heavy (non-hydrogen) atoms. The third-order valence-electron chi connectivity index (χ3n) is 2.90. The number of carbonyl (C=O) groups excluding carboxylic acids is 1. The fourth-order valence-corrected chi connectivity index (χ4v) is 1.63. The average molecular weight is 273 g/mol. The number of rotatable bonds is 6. The van der Waals surface area contributed by atoms with Crippen LogP contribution in [0.5, 0.6) is 0 Å². The molecule has 1 aromatic rings. The predicted molar refractivity (Wildman–Crippen MR) is 72.6 cm³/mol. The van der Waals surface area contributed by atoms with Crippen molar-refractivity contribution in [2.45, 2.75) is 19.9 Å². The van der Waals surface area contributed by atoms with Gasteiger partial charge in [0.2, 0.25) is 5.91 Å². The molecule has 0 saturated carbocycles. The van der Waals surface area contributed by atoms with Gasteiger partial charge in [-0.3, -0.25) is 9.69 Å². The molecule has 4 nitrogen and oxygen atoms in total. The fraction of sp³-hybridized carbons (Fsp3) is 0.615. The summed E-state index contributed by atoms with van der Waals surface area (Å²) in [5.41, 5.74) is -0.554. The molecule has 1 N–H and O–H groups in total. The molecule has 0 spiro atoms. The second kappa shape index (κ2) is 6.25. The third kappa shape index (κ3) is 3.75. The van der Waals surface area contributed by atoms with E-state index in [1.807, 2.05) is 45.0 Å². The summed E-state index contributed by atoms with van der Waals surface area (Å²) in [5.74, 6) is 1.09.